The van der Waals surface area contributed by atoms with Crippen molar-refractivity contribution in [3.8, 4) is 0 Å². The van der Waals surface area contributed by atoms with Crippen LogP contribution >= 0.6 is 11.8 Å². The van der Waals surface area contributed by atoms with Gasteiger partial charge in [0.25, 0.3) is 0 Å². The fourth-order valence-corrected chi connectivity index (χ4v) is 2.62. The van der Waals surface area contributed by atoms with Crippen LogP contribution in [0.4, 0.5) is 15.8 Å². The highest BCUT2D eigenvalue weighted by molar-refractivity contribution is 8.00. The zero-order chi connectivity index (χ0) is 16.1. The van der Waals surface area contributed by atoms with Gasteiger partial charge in [-0.2, -0.15) is 4.39 Å². The fourth-order valence-electron chi connectivity index (χ4n) is 1.79. The van der Waals surface area contributed by atoms with Crippen molar-refractivity contribution in [2.24, 2.45) is 0 Å². The maximum absolute atomic E-state index is 13.2. The molecular weight excluding hydrogens is 307 g/mol. The third kappa shape index (κ3) is 4.05. The standard InChI is InChI=1S/C15H13FN2O3S/c1-10-4-2-3-5-14(10)22-9-15(19)17-11-6-7-12(16)13(8-11)18(20)21/h2-8H,9H2,1H3,(H,17,19). The highest BCUT2D eigenvalue weighted by Crippen LogP contribution is 2.24. The van der Waals surface area contributed by atoms with Gasteiger partial charge in [-0.05, 0) is 30.7 Å². The van der Waals surface area contributed by atoms with Gasteiger partial charge in [0.1, 0.15) is 0 Å². The Bertz CT molecular complexity index is 722. The minimum absolute atomic E-state index is 0.163. The van der Waals surface area contributed by atoms with Crippen LogP contribution in [0.25, 0.3) is 0 Å². The van der Waals surface area contributed by atoms with Crippen LogP contribution in [0.15, 0.2) is 47.4 Å². The number of nitrogens with one attached hydrogen (secondary N) is 1. The second-order valence-electron chi connectivity index (χ2n) is 4.53. The summed E-state index contributed by atoms with van der Waals surface area (Å²) >= 11 is 1.37. The molecule has 7 heteroatoms. The maximum atomic E-state index is 13.2. The number of nitro benzene ring substituents is 1. The topological polar surface area (TPSA) is 72.2 Å². The van der Waals surface area contributed by atoms with Crippen molar-refractivity contribution in [1.82, 2.24) is 0 Å². The van der Waals surface area contributed by atoms with Crippen molar-refractivity contribution in [1.29, 1.82) is 0 Å². The van der Waals surface area contributed by atoms with Gasteiger partial charge in [-0.15, -0.1) is 11.8 Å². The molecule has 0 aliphatic heterocycles. The van der Waals surface area contributed by atoms with Crippen molar-refractivity contribution in [2.45, 2.75) is 11.8 Å². The Hall–Kier alpha value is -2.41. The van der Waals surface area contributed by atoms with Gasteiger partial charge in [0.2, 0.25) is 11.7 Å². The molecule has 0 saturated carbocycles. The molecule has 2 rings (SSSR count). The van der Waals surface area contributed by atoms with E-state index in [9.17, 15) is 19.3 Å². The minimum Gasteiger partial charge on any atom is -0.325 e. The first kappa shape index (κ1) is 16.0. The number of benzene rings is 2. The Morgan fingerprint density at radius 3 is 2.73 bits per heavy atom. The number of nitrogens with zero attached hydrogens (tertiary/aromatic N) is 1. The molecule has 0 unspecified atom stereocenters. The molecule has 22 heavy (non-hydrogen) atoms. The van der Waals surface area contributed by atoms with Crippen LogP contribution in [0.2, 0.25) is 0 Å². The summed E-state index contributed by atoms with van der Waals surface area (Å²) in [4.78, 5) is 22.7. The number of amides is 1. The molecule has 0 saturated heterocycles. The highest BCUT2D eigenvalue weighted by atomic mass is 32.2. The number of anilines is 1. The molecule has 0 aliphatic carbocycles. The number of hydrogen-bond acceptors (Lipinski definition) is 4. The number of carbonyl (C=O) groups excluding carboxylic acids is 1. The van der Waals surface area contributed by atoms with Crippen molar-refractivity contribution < 1.29 is 14.1 Å². The van der Waals surface area contributed by atoms with Crippen LogP contribution in [0.5, 0.6) is 0 Å². The lowest BCUT2D eigenvalue weighted by Gasteiger charge is -2.07. The first-order valence-electron chi connectivity index (χ1n) is 6.39. The van der Waals surface area contributed by atoms with Gasteiger partial charge in [0.05, 0.1) is 10.7 Å². The summed E-state index contributed by atoms with van der Waals surface area (Å²) in [6.07, 6.45) is 0. The predicted molar refractivity (Wildman–Crippen MR) is 83.6 cm³/mol. The molecule has 5 nitrogen and oxygen atoms in total. The number of thioether (sulfide) groups is 1. The van der Waals surface area contributed by atoms with Crippen molar-refractivity contribution >= 4 is 29.0 Å². The predicted octanol–water partition coefficient (Wildman–Crippen LogP) is 3.77. The van der Waals surface area contributed by atoms with E-state index >= 15 is 0 Å². The molecule has 0 heterocycles. The molecule has 0 aliphatic rings. The van der Waals surface area contributed by atoms with E-state index in [1.54, 1.807) is 0 Å². The molecule has 2 aromatic carbocycles. The number of rotatable bonds is 5. The van der Waals surface area contributed by atoms with Crippen molar-refractivity contribution in [2.75, 3.05) is 11.1 Å². The molecule has 1 amide bonds. The summed E-state index contributed by atoms with van der Waals surface area (Å²) in [7, 11) is 0. The number of halogens is 1. The lowest BCUT2D eigenvalue weighted by Crippen LogP contribution is -2.14. The van der Waals surface area contributed by atoms with E-state index in [0.717, 1.165) is 22.6 Å². The average molecular weight is 320 g/mol. The van der Waals surface area contributed by atoms with Crippen LogP contribution in [-0.4, -0.2) is 16.6 Å². The van der Waals surface area contributed by atoms with Crippen LogP contribution in [0.3, 0.4) is 0 Å². The number of carbonyl (C=O) groups is 1. The van der Waals surface area contributed by atoms with E-state index in [2.05, 4.69) is 5.32 Å². The second kappa shape index (κ2) is 7.04. The zero-order valence-corrected chi connectivity index (χ0v) is 12.5. The SMILES string of the molecule is Cc1ccccc1SCC(=O)Nc1ccc(F)c([N+](=O)[O-])c1. The van der Waals surface area contributed by atoms with E-state index in [0.29, 0.717) is 0 Å². The van der Waals surface area contributed by atoms with E-state index in [4.69, 9.17) is 0 Å². The molecule has 0 bridgehead atoms. The smallest absolute Gasteiger partial charge is 0.306 e. The van der Waals surface area contributed by atoms with Crippen LogP contribution in [0, 0.1) is 22.9 Å². The van der Waals surface area contributed by atoms with Crippen LogP contribution in [0.1, 0.15) is 5.56 Å². The third-order valence-electron chi connectivity index (χ3n) is 2.88. The molecule has 2 aromatic rings. The Morgan fingerprint density at radius 1 is 1.32 bits per heavy atom. The number of nitro groups is 1. The Balaban J connectivity index is 1.99. The maximum Gasteiger partial charge on any atom is 0.306 e. The highest BCUT2D eigenvalue weighted by Gasteiger charge is 2.15. The molecule has 0 aromatic heterocycles. The van der Waals surface area contributed by atoms with E-state index in [-0.39, 0.29) is 17.3 Å². The van der Waals surface area contributed by atoms with Gasteiger partial charge in [-0.1, -0.05) is 18.2 Å². The fraction of sp³-hybridized carbons (Fsp3) is 0.133. The first-order chi connectivity index (χ1) is 10.5. The lowest BCUT2D eigenvalue weighted by atomic mass is 10.2. The monoisotopic (exact) mass is 320 g/mol. The molecule has 114 valence electrons. The van der Waals surface area contributed by atoms with Gasteiger partial charge >= 0.3 is 5.69 Å². The third-order valence-corrected chi connectivity index (χ3v) is 4.05. The molecule has 0 radical (unpaired) electrons. The quantitative estimate of drug-likeness (QED) is 0.517. The zero-order valence-electron chi connectivity index (χ0n) is 11.7. The minimum atomic E-state index is -0.933. The molecule has 0 fully saturated rings. The van der Waals surface area contributed by atoms with Crippen LogP contribution in [-0.2, 0) is 4.79 Å². The summed E-state index contributed by atoms with van der Waals surface area (Å²) in [6, 6.07) is 10.9. The molecule has 0 spiro atoms. The first-order valence-corrected chi connectivity index (χ1v) is 7.38. The summed E-state index contributed by atoms with van der Waals surface area (Å²) < 4.78 is 13.2. The molecule has 1 N–H and O–H groups in total. The van der Waals surface area contributed by atoms with Crippen molar-refractivity contribution in [3.63, 3.8) is 0 Å². The number of aryl methyl sites for hydroxylation is 1. The largest absolute Gasteiger partial charge is 0.325 e. The van der Waals surface area contributed by atoms with Crippen molar-refractivity contribution in [3.05, 3.63) is 64.0 Å². The Morgan fingerprint density at radius 2 is 2.05 bits per heavy atom. The van der Waals surface area contributed by atoms with Gasteiger partial charge in [-0.25, -0.2) is 0 Å². The van der Waals surface area contributed by atoms with Gasteiger partial charge in [0.15, 0.2) is 0 Å². The Labute approximate surface area is 130 Å². The molecular formula is C15H13FN2O3S. The van der Waals surface area contributed by atoms with Gasteiger partial charge < -0.3 is 5.32 Å². The normalized spacial score (nSPS) is 10.3. The van der Waals surface area contributed by atoms with E-state index in [1.807, 2.05) is 31.2 Å². The summed E-state index contributed by atoms with van der Waals surface area (Å²) in [5.74, 6) is -1.08. The Kier molecular flexibility index (Phi) is 5.11. The summed E-state index contributed by atoms with van der Waals surface area (Å²) in [5, 5.41) is 13.2. The van der Waals surface area contributed by atoms with Gasteiger partial charge in [-0.3, -0.25) is 14.9 Å². The average Bonchev–Trinajstić information content (AvgIpc) is 2.48. The lowest BCUT2D eigenvalue weighted by molar-refractivity contribution is -0.387. The van der Waals surface area contributed by atoms with E-state index < -0.39 is 16.4 Å². The van der Waals surface area contributed by atoms with Gasteiger partial charge in [0, 0.05) is 16.6 Å². The second-order valence-corrected chi connectivity index (χ2v) is 5.54. The van der Waals surface area contributed by atoms with Crippen LogP contribution < -0.4 is 5.32 Å². The summed E-state index contributed by atoms with van der Waals surface area (Å²) in [6.45, 7) is 1.95. The number of hydrogen-bond donors (Lipinski definition) is 1. The molecule has 0 atom stereocenters. The van der Waals surface area contributed by atoms with E-state index in [1.165, 1.54) is 17.8 Å². The summed E-state index contributed by atoms with van der Waals surface area (Å²) in [5.41, 5.74) is 0.602.